The molecule has 2 fully saturated rings. The predicted molar refractivity (Wildman–Crippen MR) is 99.0 cm³/mol. The van der Waals surface area contributed by atoms with Gasteiger partial charge in [-0.3, -0.25) is 9.59 Å². The third-order valence-corrected chi connectivity index (χ3v) is 6.13. The molecule has 0 radical (unpaired) electrons. The van der Waals surface area contributed by atoms with E-state index in [0.29, 0.717) is 19.7 Å². The van der Waals surface area contributed by atoms with Crippen LogP contribution in [0.2, 0.25) is 0 Å². The number of carbonyl (C=O) groups is 2. The van der Waals surface area contributed by atoms with Crippen molar-refractivity contribution < 1.29 is 14.3 Å². The van der Waals surface area contributed by atoms with E-state index >= 15 is 0 Å². The van der Waals surface area contributed by atoms with Crippen molar-refractivity contribution in [2.75, 3.05) is 19.7 Å². The molecule has 1 saturated heterocycles. The number of hydrogen-bond donors (Lipinski definition) is 1. The van der Waals surface area contributed by atoms with E-state index < -0.39 is 0 Å². The maximum absolute atomic E-state index is 12.9. The van der Waals surface area contributed by atoms with Crippen LogP contribution in [-0.4, -0.2) is 42.5 Å². The molecule has 4 rings (SSSR count). The van der Waals surface area contributed by atoms with Crippen LogP contribution < -0.4 is 10.1 Å². The Bertz CT molecular complexity index is 661. The van der Waals surface area contributed by atoms with Gasteiger partial charge in [0.25, 0.3) is 0 Å². The fourth-order valence-corrected chi connectivity index (χ4v) is 4.52. The molecule has 0 spiro atoms. The first-order valence-corrected chi connectivity index (χ1v) is 10.0. The first-order chi connectivity index (χ1) is 12.7. The van der Waals surface area contributed by atoms with Gasteiger partial charge >= 0.3 is 0 Å². The topological polar surface area (TPSA) is 58.6 Å². The molecule has 1 saturated carbocycles. The maximum atomic E-state index is 12.9. The lowest BCUT2D eigenvalue weighted by atomic mass is 9.88. The molecule has 1 atom stereocenters. The summed E-state index contributed by atoms with van der Waals surface area (Å²) in [6.07, 6.45) is 7.37. The number of piperidine rings is 1. The van der Waals surface area contributed by atoms with Gasteiger partial charge in [-0.15, -0.1) is 0 Å². The van der Waals surface area contributed by atoms with E-state index in [2.05, 4.69) is 5.32 Å². The minimum absolute atomic E-state index is 0.159. The van der Waals surface area contributed by atoms with Crippen molar-refractivity contribution in [2.24, 2.45) is 5.92 Å². The molecular formula is C21H28N2O3. The van der Waals surface area contributed by atoms with Gasteiger partial charge in [-0.25, -0.2) is 0 Å². The number of likely N-dealkylation sites (tertiary alicyclic amines) is 1. The number of hydrogen-bond acceptors (Lipinski definition) is 3. The SMILES string of the molecule is O=C(NC1CCN(C(=O)[C@H]2COc3ccccc32)CC1)C1CCCCC1. The van der Waals surface area contributed by atoms with E-state index in [1.165, 1.54) is 19.3 Å². The summed E-state index contributed by atoms with van der Waals surface area (Å²) in [4.78, 5) is 27.3. The van der Waals surface area contributed by atoms with Crippen molar-refractivity contribution in [1.82, 2.24) is 10.2 Å². The van der Waals surface area contributed by atoms with Crippen LogP contribution in [0.5, 0.6) is 5.75 Å². The Hall–Kier alpha value is -2.04. The maximum Gasteiger partial charge on any atom is 0.233 e. The average molecular weight is 356 g/mol. The Morgan fingerprint density at radius 1 is 1.00 bits per heavy atom. The van der Waals surface area contributed by atoms with Gasteiger partial charge in [0.1, 0.15) is 18.3 Å². The minimum Gasteiger partial charge on any atom is -0.492 e. The zero-order valence-electron chi connectivity index (χ0n) is 15.3. The summed E-state index contributed by atoms with van der Waals surface area (Å²) < 4.78 is 5.66. The lowest BCUT2D eigenvalue weighted by molar-refractivity contribution is -0.134. The molecule has 0 bridgehead atoms. The third-order valence-electron chi connectivity index (χ3n) is 6.13. The first kappa shape index (κ1) is 17.4. The lowest BCUT2D eigenvalue weighted by Crippen LogP contribution is -2.49. The van der Waals surface area contributed by atoms with Crippen LogP contribution in [0.1, 0.15) is 56.4 Å². The summed E-state index contributed by atoms with van der Waals surface area (Å²) >= 11 is 0. The molecule has 5 nitrogen and oxygen atoms in total. The molecule has 1 aromatic carbocycles. The Kier molecular flexibility index (Phi) is 5.14. The third kappa shape index (κ3) is 3.57. The Labute approximate surface area is 155 Å². The summed E-state index contributed by atoms with van der Waals surface area (Å²) in [7, 11) is 0. The Morgan fingerprint density at radius 2 is 1.73 bits per heavy atom. The highest BCUT2D eigenvalue weighted by molar-refractivity contribution is 5.85. The minimum atomic E-state index is -0.181. The van der Waals surface area contributed by atoms with E-state index in [4.69, 9.17) is 4.74 Å². The monoisotopic (exact) mass is 356 g/mol. The standard InChI is InChI=1S/C21H28N2O3/c24-20(15-6-2-1-3-7-15)22-16-10-12-23(13-11-16)21(25)18-14-26-19-9-5-4-8-17(18)19/h4-5,8-9,15-16,18H,1-3,6-7,10-14H2,(H,22,24)/t18-/m0/s1. The molecule has 2 heterocycles. The molecule has 140 valence electrons. The second kappa shape index (κ2) is 7.68. The van der Waals surface area contributed by atoms with Gasteiger partial charge in [-0.1, -0.05) is 37.5 Å². The molecule has 0 aromatic heterocycles. The summed E-state index contributed by atoms with van der Waals surface area (Å²) in [5.41, 5.74) is 1.00. The first-order valence-electron chi connectivity index (χ1n) is 10.0. The van der Waals surface area contributed by atoms with Gasteiger partial charge in [0.15, 0.2) is 0 Å². The Balaban J connectivity index is 1.28. The van der Waals surface area contributed by atoms with E-state index in [9.17, 15) is 9.59 Å². The molecule has 0 unspecified atom stereocenters. The molecule has 3 aliphatic rings. The summed E-state index contributed by atoms with van der Waals surface area (Å²) in [5, 5.41) is 3.23. The van der Waals surface area contributed by atoms with Crippen LogP contribution in [0.4, 0.5) is 0 Å². The highest BCUT2D eigenvalue weighted by Crippen LogP contribution is 2.35. The van der Waals surface area contributed by atoms with E-state index in [1.54, 1.807) is 0 Å². The average Bonchev–Trinajstić information content (AvgIpc) is 3.13. The van der Waals surface area contributed by atoms with Crippen LogP contribution in [0.25, 0.3) is 0 Å². The predicted octanol–water partition coefficient (Wildman–Crippen LogP) is 2.85. The lowest BCUT2D eigenvalue weighted by Gasteiger charge is -2.34. The van der Waals surface area contributed by atoms with E-state index in [-0.39, 0.29) is 29.7 Å². The van der Waals surface area contributed by atoms with Crippen molar-refractivity contribution in [3.8, 4) is 5.75 Å². The highest BCUT2D eigenvalue weighted by atomic mass is 16.5. The van der Waals surface area contributed by atoms with Crippen LogP contribution in [0, 0.1) is 5.92 Å². The highest BCUT2D eigenvalue weighted by Gasteiger charge is 2.35. The van der Waals surface area contributed by atoms with Crippen LogP contribution in [0.15, 0.2) is 24.3 Å². The van der Waals surface area contributed by atoms with Gasteiger partial charge < -0.3 is 15.0 Å². The second-order valence-corrected chi connectivity index (χ2v) is 7.84. The van der Waals surface area contributed by atoms with Crippen molar-refractivity contribution in [1.29, 1.82) is 0 Å². The number of nitrogens with one attached hydrogen (secondary N) is 1. The van der Waals surface area contributed by atoms with E-state index in [1.807, 2.05) is 29.2 Å². The number of amides is 2. The molecule has 1 aliphatic carbocycles. The van der Waals surface area contributed by atoms with Gasteiger partial charge in [-0.2, -0.15) is 0 Å². The molecule has 1 aromatic rings. The second-order valence-electron chi connectivity index (χ2n) is 7.84. The van der Waals surface area contributed by atoms with Gasteiger partial charge in [0.05, 0.1) is 0 Å². The number of rotatable bonds is 3. The van der Waals surface area contributed by atoms with Crippen LogP contribution >= 0.6 is 0 Å². The molecule has 5 heteroatoms. The normalized spacial score (nSPS) is 24.0. The van der Waals surface area contributed by atoms with Crippen molar-refractivity contribution >= 4 is 11.8 Å². The smallest absolute Gasteiger partial charge is 0.233 e. The largest absolute Gasteiger partial charge is 0.492 e. The zero-order valence-corrected chi connectivity index (χ0v) is 15.3. The number of para-hydroxylation sites is 1. The molecule has 2 aliphatic heterocycles. The number of benzene rings is 1. The van der Waals surface area contributed by atoms with E-state index in [0.717, 1.165) is 37.0 Å². The zero-order chi connectivity index (χ0) is 17.9. The Morgan fingerprint density at radius 3 is 2.50 bits per heavy atom. The van der Waals surface area contributed by atoms with Gasteiger partial charge in [0, 0.05) is 30.6 Å². The van der Waals surface area contributed by atoms with Crippen LogP contribution in [-0.2, 0) is 9.59 Å². The quantitative estimate of drug-likeness (QED) is 0.906. The summed E-state index contributed by atoms with van der Waals surface area (Å²) in [6.45, 7) is 1.87. The van der Waals surface area contributed by atoms with Crippen molar-refractivity contribution in [3.05, 3.63) is 29.8 Å². The van der Waals surface area contributed by atoms with Crippen molar-refractivity contribution in [2.45, 2.75) is 56.9 Å². The molecule has 2 amide bonds. The number of fused-ring (bicyclic) bond motifs is 1. The molecule has 1 N–H and O–H groups in total. The van der Waals surface area contributed by atoms with Crippen molar-refractivity contribution in [3.63, 3.8) is 0 Å². The summed E-state index contributed by atoms with van der Waals surface area (Å²) in [5.74, 6) is 1.25. The summed E-state index contributed by atoms with van der Waals surface area (Å²) in [6, 6.07) is 8.02. The van der Waals surface area contributed by atoms with Gasteiger partial charge in [0.2, 0.25) is 11.8 Å². The number of carbonyl (C=O) groups excluding carboxylic acids is 2. The number of nitrogens with zero attached hydrogens (tertiary/aromatic N) is 1. The van der Waals surface area contributed by atoms with Crippen LogP contribution in [0.3, 0.4) is 0 Å². The fourth-order valence-electron chi connectivity index (χ4n) is 4.52. The van der Waals surface area contributed by atoms with Gasteiger partial charge in [-0.05, 0) is 31.7 Å². The molecular weight excluding hydrogens is 328 g/mol. The fraction of sp³-hybridized carbons (Fsp3) is 0.619. The molecule has 26 heavy (non-hydrogen) atoms. The number of ether oxygens (including phenoxy) is 1.